The van der Waals surface area contributed by atoms with E-state index in [0.717, 1.165) is 133 Å². The number of aryl methyl sites for hydroxylation is 2. The van der Waals surface area contributed by atoms with Crippen LogP contribution < -0.4 is 15.0 Å². The Morgan fingerprint density at radius 1 is 0.897 bits per heavy atom. The number of aromatic nitrogens is 5. The lowest BCUT2D eigenvalue weighted by Gasteiger charge is -2.37. The van der Waals surface area contributed by atoms with Crippen molar-refractivity contribution in [3.63, 3.8) is 0 Å². The van der Waals surface area contributed by atoms with Crippen LogP contribution in [-0.4, -0.2) is 148 Å². The Morgan fingerprint density at radius 2 is 1.71 bits per heavy atom. The van der Waals surface area contributed by atoms with Gasteiger partial charge in [-0.25, -0.2) is 18.6 Å². The minimum Gasteiger partial charge on any atom is -0.461 e. The number of piperidine rings is 3. The number of carbonyl (C=O) groups is 3. The molecule has 0 saturated carbocycles. The van der Waals surface area contributed by atoms with Crippen molar-refractivity contribution in [1.29, 1.82) is 0 Å². The van der Waals surface area contributed by atoms with Crippen LogP contribution in [0.2, 0.25) is 0 Å². The van der Waals surface area contributed by atoms with E-state index in [-0.39, 0.29) is 58.2 Å². The molecule has 408 valence electrons. The van der Waals surface area contributed by atoms with Crippen LogP contribution >= 0.6 is 0 Å². The van der Waals surface area contributed by atoms with Crippen LogP contribution in [0.5, 0.6) is 6.01 Å². The lowest BCUT2D eigenvalue weighted by molar-refractivity contribution is -0.134. The third-order valence-electron chi connectivity index (χ3n) is 18.0. The maximum Gasteiger partial charge on any atom is 0.409 e. The number of imide groups is 1. The molecule has 78 heavy (non-hydrogen) atoms. The molecule has 3 aromatic carbocycles. The van der Waals surface area contributed by atoms with Crippen molar-refractivity contribution in [2.45, 2.75) is 107 Å². The Kier molecular flexibility index (Phi) is 14.5. The average Bonchev–Trinajstić information content (AvgIpc) is 4.08. The number of nitrogens with one attached hydrogen (secondary N) is 1. The van der Waals surface area contributed by atoms with Crippen molar-refractivity contribution in [3.05, 3.63) is 82.7 Å². The molecule has 0 aliphatic carbocycles. The van der Waals surface area contributed by atoms with E-state index in [0.29, 0.717) is 84.2 Å². The fourth-order valence-corrected chi connectivity index (χ4v) is 13.8. The number of amides is 3. The van der Waals surface area contributed by atoms with Crippen molar-refractivity contribution in [1.82, 2.24) is 44.7 Å². The van der Waals surface area contributed by atoms with Gasteiger partial charge in [0.25, 0.3) is 0 Å². The molecule has 1 N–H and O–H groups in total. The molecular formula is C60H68F2N10O6. The molecule has 2 atom stereocenters. The maximum absolute atomic E-state index is 16.9. The fourth-order valence-electron chi connectivity index (χ4n) is 13.8. The average molecular weight is 1060 g/mol. The molecule has 2 unspecified atom stereocenters. The number of ether oxygens (including phenoxy) is 3. The van der Waals surface area contributed by atoms with Gasteiger partial charge >= 0.3 is 12.1 Å². The number of rotatable bonds is 8. The zero-order valence-corrected chi connectivity index (χ0v) is 44.7. The van der Waals surface area contributed by atoms with Gasteiger partial charge in [-0.1, -0.05) is 42.3 Å². The molecule has 6 aromatic rings. The number of likely N-dealkylation sites (tertiary alicyclic amines) is 2. The Balaban J connectivity index is 0.000000160. The number of hydrogen-bond donors (Lipinski definition) is 1. The van der Waals surface area contributed by atoms with Gasteiger partial charge in [0.05, 0.1) is 59.1 Å². The molecule has 6 saturated heterocycles. The number of pyridine rings is 1. The van der Waals surface area contributed by atoms with Crippen molar-refractivity contribution in [2.24, 2.45) is 13.0 Å². The second-order valence-corrected chi connectivity index (χ2v) is 22.5. The Labute approximate surface area is 453 Å². The zero-order valence-electron chi connectivity index (χ0n) is 44.7. The van der Waals surface area contributed by atoms with Gasteiger partial charge in [0, 0.05) is 62.6 Å². The monoisotopic (exact) mass is 1060 g/mol. The van der Waals surface area contributed by atoms with Crippen LogP contribution in [0, 0.1) is 29.9 Å². The number of halogens is 2. The second kappa shape index (κ2) is 21.8. The third-order valence-corrected chi connectivity index (χ3v) is 18.0. The minimum absolute atomic E-state index is 0.00280. The molecule has 7 aliphatic heterocycles. The number of terminal acetylenes is 1. The van der Waals surface area contributed by atoms with Gasteiger partial charge in [0.2, 0.25) is 11.8 Å². The molecule has 18 heteroatoms. The van der Waals surface area contributed by atoms with Crippen molar-refractivity contribution >= 4 is 56.3 Å². The number of carbonyl (C=O) groups excluding carboxylic acids is 3. The van der Waals surface area contributed by atoms with Crippen molar-refractivity contribution < 1.29 is 37.4 Å². The molecule has 10 heterocycles. The van der Waals surface area contributed by atoms with E-state index < -0.39 is 11.6 Å². The summed E-state index contributed by atoms with van der Waals surface area (Å²) in [5.41, 5.74) is 4.68. The highest BCUT2D eigenvalue weighted by atomic mass is 19.1. The summed E-state index contributed by atoms with van der Waals surface area (Å²) >= 11 is 0. The van der Waals surface area contributed by atoms with Crippen LogP contribution in [0.3, 0.4) is 0 Å². The highest BCUT2D eigenvalue weighted by Gasteiger charge is 2.45. The molecule has 13 rings (SSSR count). The van der Waals surface area contributed by atoms with E-state index >= 15 is 4.39 Å². The molecule has 0 bridgehead atoms. The first-order valence-corrected chi connectivity index (χ1v) is 28.1. The fraction of sp³-hybridized carbons (Fsp3) is 0.517. The lowest BCUT2D eigenvalue weighted by Crippen LogP contribution is -2.43. The van der Waals surface area contributed by atoms with E-state index in [1.807, 2.05) is 28.8 Å². The van der Waals surface area contributed by atoms with Gasteiger partial charge in [-0.3, -0.25) is 24.5 Å². The smallest absolute Gasteiger partial charge is 0.409 e. The summed E-state index contributed by atoms with van der Waals surface area (Å²) in [6, 6.07) is 15.2. The molecule has 16 nitrogen and oxygen atoms in total. The highest BCUT2D eigenvalue weighted by molar-refractivity contribution is 6.04. The van der Waals surface area contributed by atoms with Gasteiger partial charge < -0.3 is 28.9 Å². The Bertz CT molecular complexity index is 3340. The summed E-state index contributed by atoms with van der Waals surface area (Å²) in [6.07, 6.45) is 17.5. The first-order chi connectivity index (χ1) is 38.0. The zero-order chi connectivity index (χ0) is 53.7. The number of benzene rings is 3. The predicted octanol–water partition coefficient (Wildman–Crippen LogP) is 8.40. The third kappa shape index (κ3) is 9.80. The minimum atomic E-state index is -0.585. The lowest BCUT2D eigenvalue weighted by atomic mass is 9.87. The number of anilines is 1. The van der Waals surface area contributed by atoms with Gasteiger partial charge in [-0.2, -0.15) is 15.1 Å². The summed E-state index contributed by atoms with van der Waals surface area (Å²) in [4.78, 5) is 59.4. The molecule has 3 amide bonds. The number of methoxy groups -OCH3 is 1. The van der Waals surface area contributed by atoms with E-state index in [2.05, 4.69) is 49.2 Å². The molecule has 3 aromatic heterocycles. The first kappa shape index (κ1) is 51.9. The molecule has 0 spiro atoms. The summed E-state index contributed by atoms with van der Waals surface area (Å²) in [7, 11) is 3.37. The van der Waals surface area contributed by atoms with Gasteiger partial charge in [0.15, 0.2) is 5.82 Å². The summed E-state index contributed by atoms with van der Waals surface area (Å²) < 4.78 is 50.8. The Morgan fingerprint density at radius 3 is 2.47 bits per heavy atom. The van der Waals surface area contributed by atoms with E-state index in [4.69, 9.17) is 35.6 Å². The van der Waals surface area contributed by atoms with Crippen LogP contribution in [0.15, 0.2) is 48.5 Å². The van der Waals surface area contributed by atoms with Crippen LogP contribution in [0.4, 0.5) is 19.4 Å². The predicted molar refractivity (Wildman–Crippen MR) is 292 cm³/mol. The first-order valence-electron chi connectivity index (χ1n) is 28.1. The highest BCUT2D eigenvalue weighted by Crippen LogP contribution is 2.43. The largest absolute Gasteiger partial charge is 0.461 e. The summed E-state index contributed by atoms with van der Waals surface area (Å²) in [5, 5.41) is 9.93. The van der Waals surface area contributed by atoms with Crippen LogP contribution in [0.1, 0.15) is 111 Å². The van der Waals surface area contributed by atoms with Gasteiger partial charge in [-0.05, 0) is 138 Å². The van der Waals surface area contributed by atoms with Gasteiger partial charge in [-0.15, -0.1) is 6.42 Å². The maximum atomic E-state index is 16.9. The number of hydrogen-bond acceptors (Lipinski definition) is 13. The SMILES string of the molecule is C#Cc1c(F)ccc2cccc(-c3nc4c5c(nc(OCC67CCCN6CCC7)nc5c3F)N3CCCOCC3CC4)c12.COC(=O)N1CCC(CN2CCC(c3ccc4c(C5CCC(=O)NC5=O)nn(C)c4c3)CC2)CC1. The van der Waals surface area contributed by atoms with Crippen molar-refractivity contribution in [3.8, 4) is 29.6 Å². The van der Waals surface area contributed by atoms with E-state index in [9.17, 15) is 18.8 Å². The Hall–Kier alpha value is -6.81. The van der Waals surface area contributed by atoms with E-state index in [1.165, 1.54) is 18.7 Å². The summed E-state index contributed by atoms with van der Waals surface area (Å²) in [5.74, 6) is 2.37. The van der Waals surface area contributed by atoms with E-state index in [1.54, 1.807) is 12.1 Å². The normalized spacial score (nSPS) is 22.1. The van der Waals surface area contributed by atoms with Crippen LogP contribution in [-0.2, 0) is 32.5 Å². The van der Waals surface area contributed by atoms with Gasteiger partial charge in [0.1, 0.15) is 29.5 Å². The molecule has 7 aliphatic rings. The number of nitrogens with zero attached hydrogens (tertiary/aromatic N) is 9. The molecule has 0 radical (unpaired) electrons. The second-order valence-electron chi connectivity index (χ2n) is 22.5. The topological polar surface area (TPSA) is 160 Å². The quantitative estimate of drug-likeness (QED) is 0.114. The standard InChI is InChI=1S/C34H33F2N5O2.C26H35N5O4/c1-2-23-25(35)11-9-21-7-3-8-24(27(21)23)30-29(36)31-28-26(37-30)12-10-22-19-42-18-6-17-41(22)32(28)39-33(38-31)43-20-34-13-4-15-40(34)16-5-14-34;1-29-22-15-19(3-4-20(22)24(28-29)21-5-6-23(32)27-25(21)33)18-9-11-30(12-10-18)16-17-7-13-31(14-8-17)26(34)35-2/h1,3,7-9,11,22H,4-6,10,12-20H2;3-4,15,17-18,21H,5-14,16H2,1-2H3,(H,27,32,33). The molecule has 6 fully saturated rings. The molecular weight excluding hydrogens is 995 g/mol. The van der Waals surface area contributed by atoms with Crippen molar-refractivity contribution in [2.75, 3.05) is 84.2 Å². The van der Waals surface area contributed by atoms with Crippen LogP contribution in [0.25, 0.3) is 43.8 Å². The number of fused-ring (bicyclic) bond motifs is 5. The summed E-state index contributed by atoms with van der Waals surface area (Å²) in [6.45, 7) is 9.50.